The molecule has 1 saturated carbocycles. The predicted octanol–water partition coefficient (Wildman–Crippen LogP) is 8.19. The van der Waals surface area contributed by atoms with E-state index in [1.807, 2.05) is 63.2 Å². The number of hydrogen-bond donors (Lipinski definition) is 0. The molecular weight excluding hydrogens is 474 g/mol. The van der Waals surface area contributed by atoms with Gasteiger partial charge in [-0.15, -0.1) is 0 Å². The molecule has 1 saturated heterocycles. The van der Waals surface area contributed by atoms with Crippen LogP contribution in [0, 0.1) is 0 Å². The van der Waals surface area contributed by atoms with Crippen LogP contribution in [0.25, 0.3) is 0 Å². The maximum atomic E-state index is 12.6. The summed E-state index contributed by atoms with van der Waals surface area (Å²) in [5.74, 6) is 2.31. The number of likely N-dealkylation sites (tertiary alicyclic amines) is 1. The molecule has 0 atom stereocenters. The second-order valence-electron chi connectivity index (χ2n) is 11.6. The van der Waals surface area contributed by atoms with Gasteiger partial charge in [-0.2, -0.15) is 0 Å². The molecule has 0 aromatic heterocycles. The van der Waals surface area contributed by atoms with Crippen molar-refractivity contribution in [3.63, 3.8) is 0 Å². The number of ether oxygens (including phenoxy) is 3. The van der Waals surface area contributed by atoms with Crippen molar-refractivity contribution in [3.8, 4) is 11.5 Å². The summed E-state index contributed by atoms with van der Waals surface area (Å²) in [5, 5.41) is 0. The minimum absolute atomic E-state index is 0.312. The lowest BCUT2D eigenvalue weighted by atomic mass is 9.84. The molecule has 3 aromatic carbocycles. The number of hydrogen-bond acceptors (Lipinski definition) is 4. The molecule has 5 rings (SSSR count). The summed E-state index contributed by atoms with van der Waals surface area (Å²) in [6.07, 6.45) is 6.31. The summed E-state index contributed by atoms with van der Waals surface area (Å²) in [5.41, 5.74) is 2.41. The predicted molar refractivity (Wildman–Crippen MR) is 149 cm³/mol. The standard InChI is InChI=1S/C33H39NO4/c1-32(2,3)38-31(35)34-23-33(24-34,36-22-25-10-6-4-7-11-25)28-16-20-30(21-17-28)37-29-18-14-27(15-19-29)26-12-8-5-9-13-26/h4,6-7,10-11,14-21,26H,5,8-9,12-13,22-24H2,1-3H3. The molecule has 2 fully saturated rings. The number of benzene rings is 3. The van der Waals surface area contributed by atoms with Crippen LogP contribution < -0.4 is 4.74 Å². The van der Waals surface area contributed by atoms with Gasteiger partial charge in [0.05, 0.1) is 19.7 Å². The Morgan fingerprint density at radius 3 is 2.05 bits per heavy atom. The van der Waals surface area contributed by atoms with E-state index in [4.69, 9.17) is 14.2 Å². The summed E-state index contributed by atoms with van der Waals surface area (Å²) in [7, 11) is 0. The first-order valence-corrected chi connectivity index (χ1v) is 13.8. The lowest BCUT2D eigenvalue weighted by Gasteiger charge is -2.49. The number of carbonyl (C=O) groups excluding carboxylic acids is 1. The molecule has 1 heterocycles. The third kappa shape index (κ3) is 6.39. The minimum atomic E-state index is -0.590. The molecule has 2 aliphatic rings. The van der Waals surface area contributed by atoms with E-state index >= 15 is 0 Å². The third-order valence-electron chi connectivity index (χ3n) is 7.47. The largest absolute Gasteiger partial charge is 0.457 e. The molecular formula is C33H39NO4. The normalized spacial score (nSPS) is 17.5. The van der Waals surface area contributed by atoms with E-state index in [-0.39, 0.29) is 6.09 Å². The maximum absolute atomic E-state index is 12.6. The zero-order valence-electron chi connectivity index (χ0n) is 22.8. The van der Waals surface area contributed by atoms with Crippen LogP contribution in [0.2, 0.25) is 0 Å². The van der Waals surface area contributed by atoms with Crippen molar-refractivity contribution < 1.29 is 19.0 Å². The van der Waals surface area contributed by atoms with Crippen LogP contribution in [-0.4, -0.2) is 29.7 Å². The van der Waals surface area contributed by atoms with Crippen LogP contribution in [0.5, 0.6) is 11.5 Å². The highest BCUT2D eigenvalue weighted by Gasteiger charge is 2.49. The summed E-state index contributed by atoms with van der Waals surface area (Å²) in [6, 6.07) is 26.7. The summed E-state index contributed by atoms with van der Waals surface area (Å²) < 4.78 is 18.2. The van der Waals surface area contributed by atoms with E-state index < -0.39 is 11.2 Å². The topological polar surface area (TPSA) is 48.0 Å². The Balaban J connectivity index is 1.26. The van der Waals surface area contributed by atoms with Gasteiger partial charge in [0.1, 0.15) is 22.7 Å². The minimum Gasteiger partial charge on any atom is -0.457 e. The summed E-state index contributed by atoms with van der Waals surface area (Å²) in [6.45, 7) is 6.99. The van der Waals surface area contributed by atoms with Crippen molar-refractivity contribution in [2.75, 3.05) is 13.1 Å². The van der Waals surface area contributed by atoms with Crippen molar-refractivity contribution in [1.82, 2.24) is 4.90 Å². The first-order chi connectivity index (χ1) is 18.3. The molecule has 0 radical (unpaired) electrons. The maximum Gasteiger partial charge on any atom is 0.410 e. The third-order valence-corrected chi connectivity index (χ3v) is 7.47. The smallest absolute Gasteiger partial charge is 0.410 e. The van der Waals surface area contributed by atoms with Crippen molar-refractivity contribution in [1.29, 1.82) is 0 Å². The van der Waals surface area contributed by atoms with Gasteiger partial charge in [0, 0.05) is 0 Å². The Bertz CT molecular complexity index is 1190. The number of rotatable bonds is 7. The average Bonchev–Trinajstić information content (AvgIpc) is 2.89. The zero-order chi connectivity index (χ0) is 26.6. The van der Waals surface area contributed by atoms with E-state index in [0.717, 1.165) is 22.6 Å². The lowest BCUT2D eigenvalue weighted by Crippen LogP contribution is -2.63. The van der Waals surface area contributed by atoms with Gasteiger partial charge in [-0.3, -0.25) is 0 Å². The van der Waals surface area contributed by atoms with Gasteiger partial charge < -0.3 is 19.1 Å². The van der Waals surface area contributed by atoms with E-state index in [1.54, 1.807) is 4.90 Å². The van der Waals surface area contributed by atoms with Crippen LogP contribution in [0.3, 0.4) is 0 Å². The molecule has 1 aliphatic heterocycles. The highest BCUT2D eigenvalue weighted by molar-refractivity contribution is 5.70. The van der Waals surface area contributed by atoms with Gasteiger partial charge >= 0.3 is 6.09 Å². The molecule has 5 heteroatoms. The second kappa shape index (κ2) is 11.2. The monoisotopic (exact) mass is 513 g/mol. The van der Waals surface area contributed by atoms with Crippen LogP contribution in [0.1, 0.15) is 75.5 Å². The quantitative estimate of drug-likeness (QED) is 0.320. The van der Waals surface area contributed by atoms with Gasteiger partial charge in [-0.05, 0) is 80.5 Å². The Morgan fingerprint density at radius 2 is 1.45 bits per heavy atom. The molecule has 38 heavy (non-hydrogen) atoms. The summed E-state index contributed by atoms with van der Waals surface area (Å²) in [4.78, 5) is 14.3. The first-order valence-electron chi connectivity index (χ1n) is 13.8. The fourth-order valence-corrected chi connectivity index (χ4v) is 5.39. The lowest BCUT2D eigenvalue weighted by molar-refractivity contribution is -0.153. The number of amides is 1. The second-order valence-corrected chi connectivity index (χ2v) is 11.6. The highest BCUT2D eigenvalue weighted by Crippen LogP contribution is 2.39. The Labute approximate surface area is 226 Å². The SMILES string of the molecule is CC(C)(C)OC(=O)N1CC(OCc2ccccc2)(c2ccc(Oc3ccc(C4CCCCC4)cc3)cc2)C1. The molecule has 0 unspecified atom stereocenters. The van der Waals surface area contributed by atoms with E-state index in [0.29, 0.717) is 25.6 Å². The molecule has 0 spiro atoms. The van der Waals surface area contributed by atoms with Crippen molar-refractivity contribution in [3.05, 3.63) is 95.6 Å². The average molecular weight is 514 g/mol. The van der Waals surface area contributed by atoms with Crippen LogP contribution in [-0.2, 0) is 21.7 Å². The fourth-order valence-electron chi connectivity index (χ4n) is 5.39. The van der Waals surface area contributed by atoms with Crippen LogP contribution in [0.4, 0.5) is 4.79 Å². The molecule has 5 nitrogen and oxygen atoms in total. The van der Waals surface area contributed by atoms with E-state index in [2.05, 4.69) is 36.4 Å². The van der Waals surface area contributed by atoms with Gasteiger partial charge in [0.2, 0.25) is 0 Å². The molecule has 3 aromatic rings. The van der Waals surface area contributed by atoms with Crippen molar-refractivity contribution >= 4 is 6.09 Å². The van der Waals surface area contributed by atoms with Gasteiger partial charge in [-0.25, -0.2) is 4.79 Å². The summed E-state index contributed by atoms with van der Waals surface area (Å²) >= 11 is 0. The van der Waals surface area contributed by atoms with Crippen LogP contribution >= 0.6 is 0 Å². The Kier molecular flexibility index (Phi) is 7.75. The highest BCUT2D eigenvalue weighted by atomic mass is 16.6. The van der Waals surface area contributed by atoms with Gasteiger partial charge in [0.25, 0.3) is 0 Å². The zero-order valence-corrected chi connectivity index (χ0v) is 22.8. The van der Waals surface area contributed by atoms with E-state index in [1.165, 1.54) is 37.7 Å². The number of carbonyl (C=O) groups is 1. The molecule has 0 N–H and O–H groups in total. The van der Waals surface area contributed by atoms with Crippen molar-refractivity contribution in [2.45, 2.75) is 76.6 Å². The van der Waals surface area contributed by atoms with Crippen molar-refractivity contribution in [2.24, 2.45) is 0 Å². The fraction of sp³-hybridized carbons (Fsp3) is 0.424. The molecule has 1 amide bonds. The van der Waals surface area contributed by atoms with Gasteiger partial charge in [0.15, 0.2) is 0 Å². The molecule has 0 bridgehead atoms. The first kappa shape index (κ1) is 26.3. The molecule has 200 valence electrons. The Hall–Kier alpha value is -3.31. The van der Waals surface area contributed by atoms with E-state index in [9.17, 15) is 4.79 Å². The number of nitrogens with zero attached hydrogens (tertiary/aromatic N) is 1. The molecule has 1 aliphatic carbocycles. The van der Waals surface area contributed by atoms with Crippen LogP contribution in [0.15, 0.2) is 78.9 Å². The Morgan fingerprint density at radius 1 is 0.842 bits per heavy atom. The van der Waals surface area contributed by atoms with Gasteiger partial charge in [-0.1, -0.05) is 73.9 Å².